The molecule has 0 bridgehead atoms. The van der Waals surface area contributed by atoms with Gasteiger partial charge in [-0.05, 0) is 43.4 Å². The van der Waals surface area contributed by atoms with E-state index < -0.39 is 0 Å². The molecule has 0 N–H and O–H groups in total. The van der Waals surface area contributed by atoms with Crippen molar-refractivity contribution in [1.82, 2.24) is 0 Å². The van der Waals surface area contributed by atoms with Gasteiger partial charge in [0.1, 0.15) is 5.78 Å². The molecule has 0 aromatic heterocycles. The van der Waals surface area contributed by atoms with E-state index in [0.29, 0.717) is 17.4 Å². The third kappa shape index (κ3) is 2.35. The molecule has 0 aromatic rings. The largest absolute Gasteiger partial charge is 0.299 e. The number of rotatable bonds is 2. The molecule has 0 radical (unpaired) electrons. The summed E-state index contributed by atoms with van der Waals surface area (Å²) in [7, 11) is 0.00560. The van der Waals surface area contributed by atoms with Gasteiger partial charge in [0, 0.05) is 5.66 Å². The van der Waals surface area contributed by atoms with Crippen LogP contribution in [0.2, 0.25) is 0 Å². The maximum atomic E-state index is 11.9. The lowest BCUT2D eigenvalue weighted by Crippen LogP contribution is -2.25. The van der Waals surface area contributed by atoms with Crippen LogP contribution in [0.5, 0.6) is 0 Å². The maximum Gasteiger partial charge on any atom is 0.137 e. The van der Waals surface area contributed by atoms with Crippen LogP contribution in [0.4, 0.5) is 0 Å². The second-order valence-corrected chi connectivity index (χ2v) is 8.56. The van der Waals surface area contributed by atoms with E-state index in [2.05, 4.69) is 13.8 Å². The van der Waals surface area contributed by atoms with E-state index in [4.69, 9.17) is 0 Å². The van der Waals surface area contributed by atoms with Crippen molar-refractivity contribution < 1.29 is 4.79 Å². The topological polar surface area (TPSA) is 17.1 Å². The zero-order valence-electron chi connectivity index (χ0n) is 10.9. The van der Waals surface area contributed by atoms with Crippen LogP contribution in [0.25, 0.3) is 0 Å². The molecule has 92 valence electrons. The summed E-state index contributed by atoms with van der Waals surface area (Å²) in [6.07, 6.45) is 8.44. The highest BCUT2D eigenvalue weighted by Gasteiger charge is 2.43. The highest BCUT2D eigenvalue weighted by atomic mass is 31.1. The van der Waals surface area contributed by atoms with Crippen LogP contribution in [0.3, 0.4) is 0 Å². The Morgan fingerprint density at radius 1 is 1.12 bits per heavy atom. The Morgan fingerprint density at radius 2 is 1.75 bits per heavy atom. The molecule has 1 saturated heterocycles. The van der Waals surface area contributed by atoms with E-state index in [-0.39, 0.29) is 7.92 Å². The SMILES string of the molecule is CC(=O)C1C(C)C(C)CP1C1CCCCC1. The van der Waals surface area contributed by atoms with E-state index in [1.54, 1.807) is 0 Å². The molecule has 1 saturated carbocycles. The number of hydrogen-bond donors (Lipinski definition) is 0. The summed E-state index contributed by atoms with van der Waals surface area (Å²) >= 11 is 0. The van der Waals surface area contributed by atoms with Crippen molar-refractivity contribution in [3.8, 4) is 0 Å². The fourth-order valence-electron chi connectivity index (χ4n) is 3.62. The molecule has 2 rings (SSSR count). The molecule has 0 spiro atoms. The molecule has 1 heterocycles. The molecular formula is C14H25OP. The van der Waals surface area contributed by atoms with Gasteiger partial charge in [0.15, 0.2) is 0 Å². The molecule has 4 atom stereocenters. The molecule has 1 nitrogen and oxygen atoms in total. The molecule has 2 fully saturated rings. The third-order valence-corrected chi connectivity index (χ3v) is 8.71. The Kier molecular flexibility index (Phi) is 4.06. The summed E-state index contributed by atoms with van der Waals surface area (Å²) < 4.78 is 0. The number of carbonyl (C=O) groups is 1. The Morgan fingerprint density at radius 3 is 2.31 bits per heavy atom. The van der Waals surface area contributed by atoms with Crippen molar-refractivity contribution in [2.45, 2.75) is 64.2 Å². The van der Waals surface area contributed by atoms with Crippen LogP contribution in [0, 0.1) is 11.8 Å². The van der Waals surface area contributed by atoms with Gasteiger partial charge in [-0.25, -0.2) is 0 Å². The Bertz CT molecular complexity index is 257. The number of ketones is 1. The molecule has 1 aliphatic carbocycles. The van der Waals surface area contributed by atoms with Crippen molar-refractivity contribution >= 4 is 13.7 Å². The van der Waals surface area contributed by atoms with E-state index in [1.165, 1.54) is 38.3 Å². The van der Waals surface area contributed by atoms with Crippen molar-refractivity contribution in [3.05, 3.63) is 0 Å². The first kappa shape index (κ1) is 12.6. The van der Waals surface area contributed by atoms with Gasteiger partial charge in [-0.1, -0.05) is 41.0 Å². The molecule has 2 heteroatoms. The van der Waals surface area contributed by atoms with Crippen LogP contribution in [-0.2, 0) is 4.79 Å². The van der Waals surface area contributed by atoms with Gasteiger partial charge in [0.25, 0.3) is 0 Å². The minimum Gasteiger partial charge on any atom is -0.299 e. The van der Waals surface area contributed by atoms with Gasteiger partial charge in [0.2, 0.25) is 0 Å². The minimum absolute atomic E-state index is 0.00560. The Hall–Kier alpha value is 0.100. The maximum absolute atomic E-state index is 11.9. The fourth-order valence-corrected chi connectivity index (χ4v) is 7.99. The summed E-state index contributed by atoms with van der Waals surface area (Å²) in [4.78, 5) is 11.9. The molecule has 16 heavy (non-hydrogen) atoms. The summed E-state index contributed by atoms with van der Waals surface area (Å²) in [5.74, 6) is 1.90. The molecular weight excluding hydrogens is 215 g/mol. The first-order valence-electron chi connectivity index (χ1n) is 6.87. The van der Waals surface area contributed by atoms with Crippen molar-refractivity contribution in [2.75, 3.05) is 6.16 Å². The first-order chi connectivity index (χ1) is 7.61. The number of Topliss-reactive ketones (excluding diaryl/α,β-unsaturated/α-hetero) is 1. The Balaban J connectivity index is 2.09. The van der Waals surface area contributed by atoms with E-state index in [0.717, 1.165) is 11.6 Å². The molecule has 2 aliphatic rings. The quantitative estimate of drug-likeness (QED) is 0.666. The van der Waals surface area contributed by atoms with Crippen molar-refractivity contribution in [3.63, 3.8) is 0 Å². The van der Waals surface area contributed by atoms with Gasteiger partial charge >= 0.3 is 0 Å². The minimum atomic E-state index is 0.00560. The second-order valence-electron chi connectivity index (χ2n) is 5.88. The van der Waals surface area contributed by atoms with Gasteiger partial charge < -0.3 is 0 Å². The Labute approximate surface area is 101 Å². The highest BCUT2D eigenvalue weighted by Crippen LogP contribution is 2.61. The van der Waals surface area contributed by atoms with Gasteiger partial charge in [-0.3, -0.25) is 4.79 Å². The van der Waals surface area contributed by atoms with Gasteiger partial charge in [0.05, 0.1) is 0 Å². The number of hydrogen-bond acceptors (Lipinski definition) is 1. The van der Waals surface area contributed by atoms with Crippen LogP contribution in [-0.4, -0.2) is 23.3 Å². The first-order valence-corrected chi connectivity index (χ1v) is 8.54. The van der Waals surface area contributed by atoms with Crippen LogP contribution < -0.4 is 0 Å². The second kappa shape index (κ2) is 5.17. The monoisotopic (exact) mass is 240 g/mol. The average molecular weight is 240 g/mol. The van der Waals surface area contributed by atoms with Crippen LogP contribution in [0.1, 0.15) is 52.9 Å². The normalized spacial score (nSPS) is 41.2. The van der Waals surface area contributed by atoms with Gasteiger partial charge in [-0.2, -0.15) is 0 Å². The van der Waals surface area contributed by atoms with E-state index in [9.17, 15) is 4.79 Å². The zero-order chi connectivity index (χ0) is 11.7. The summed E-state index contributed by atoms with van der Waals surface area (Å²) in [5.41, 5.74) is 1.36. The predicted molar refractivity (Wildman–Crippen MR) is 71.5 cm³/mol. The predicted octanol–water partition coefficient (Wildman–Crippen LogP) is 4.04. The smallest absolute Gasteiger partial charge is 0.137 e. The highest BCUT2D eigenvalue weighted by molar-refractivity contribution is 7.60. The summed E-state index contributed by atoms with van der Waals surface area (Å²) in [6.45, 7) is 6.49. The fraction of sp³-hybridized carbons (Fsp3) is 0.929. The average Bonchev–Trinajstić information content (AvgIpc) is 2.57. The molecule has 0 aromatic carbocycles. The van der Waals surface area contributed by atoms with Crippen molar-refractivity contribution in [2.24, 2.45) is 11.8 Å². The summed E-state index contributed by atoms with van der Waals surface area (Å²) in [6, 6.07) is 0. The standard InChI is InChI=1S/C14H25OP/c1-10-9-16(13-7-5-4-6-8-13)14(11(10)2)12(3)15/h10-11,13-14H,4-9H2,1-3H3. The third-order valence-electron chi connectivity index (χ3n) is 4.71. The molecule has 1 aliphatic heterocycles. The molecule has 0 amide bonds. The lowest BCUT2D eigenvalue weighted by molar-refractivity contribution is -0.117. The van der Waals surface area contributed by atoms with Crippen molar-refractivity contribution in [1.29, 1.82) is 0 Å². The van der Waals surface area contributed by atoms with Crippen LogP contribution in [0.15, 0.2) is 0 Å². The van der Waals surface area contributed by atoms with Crippen LogP contribution >= 0.6 is 7.92 Å². The number of carbonyl (C=O) groups excluding carboxylic acids is 1. The van der Waals surface area contributed by atoms with E-state index >= 15 is 0 Å². The van der Waals surface area contributed by atoms with E-state index in [1.807, 2.05) is 6.92 Å². The molecule has 4 unspecified atom stereocenters. The summed E-state index contributed by atoms with van der Waals surface area (Å²) in [5, 5.41) is 0. The lowest BCUT2D eigenvalue weighted by Gasteiger charge is -2.32. The lowest BCUT2D eigenvalue weighted by atomic mass is 9.93. The zero-order valence-corrected chi connectivity index (χ0v) is 11.8. The van der Waals surface area contributed by atoms with Gasteiger partial charge in [-0.15, -0.1) is 0 Å².